The lowest BCUT2D eigenvalue weighted by Gasteiger charge is -2.04. The molecule has 2 nitrogen and oxygen atoms in total. The molecule has 0 aliphatic rings. The van der Waals surface area contributed by atoms with Crippen molar-refractivity contribution < 1.29 is 9.90 Å². The summed E-state index contributed by atoms with van der Waals surface area (Å²) in [7, 11) is 0. The summed E-state index contributed by atoms with van der Waals surface area (Å²) in [5.74, 6) is -0.654. The number of carbonyl (C=O) groups is 1. The Balaban J connectivity index is 3.22. The van der Waals surface area contributed by atoms with Crippen LogP contribution in [0.5, 0.6) is 0 Å². The minimum Gasteiger partial charge on any atom is -0.481 e. The summed E-state index contributed by atoms with van der Waals surface area (Å²) in [6, 6.07) is 0. The fourth-order valence-electron chi connectivity index (χ4n) is 4.76. The fraction of sp³-hybridized carbons (Fsp3) is 0.703. The Morgan fingerprint density at radius 3 is 1.18 bits per heavy atom. The van der Waals surface area contributed by atoms with E-state index in [0.717, 1.165) is 38.5 Å². The topological polar surface area (TPSA) is 37.3 Å². The lowest BCUT2D eigenvalue weighted by atomic mass is 10.0. The van der Waals surface area contributed by atoms with Crippen molar-refractivity contribution in [1.82, 2.24) is 0 Å². The molecule has 0 aromatic carbocycles. The zero-order valence-electron chi connectivity index (χ0n) is 25.8. The second-order valence-corrected chi connectivity index (χ2v) is 11.0. The van der Waals surface area contributed by atoms with Crippen molar-refractivity contribution >= 4 is 5.97 Å². The van der Waals surface area contributed by atoms with Gasteiger partial charge in [-0.05, 0) is 44.9 Å². The fourth-order valence-corrected chi connectivity index (χ4v) is 4.76. The number of carboxylic acids is 1. The minimum absolute atomic E-state index is 0.340. The van der Waals surface area contributed by atoms with Crippen LogP contribution in [0.15, 0.2) is 60.8 Å². The quantitative estimate of drug-likeness (QED) is 0.0558. The molecule has 224 valence electrons. The smallest absolute Gasteiger partial charge is 0.303 e. The van der Waals surface area contributed by atoms with Gasteiger partial charge in [0.1, 0.15) is 0 Å². The second kappa shape index (κ2) is 34.2. The maximum Gasteiger partial charge on any atom is 0.303 e. The number of rotatable bonds is 30. The predicted octanol–water partition coefficient (Wildman–Crippen LogP) is 12.6. The average molecular weight is 541 g/mol. The van der Waals surface area contributed by atoms with Crippen molar-refractivity contribution in [2.75, 3.05) is 0 Å². The molecule has 0 atom stereocenters. The van der Waals surface area contributed by atoms with Gasteiger partial charge in [-0.3, -0.25) is 4.79 Å². The monoisotopic (exact) mass is 540 g/mol. The Hall–Kier alpha value is -1.83. The third-order valence-electron chi connectivity index (χ3n) is 7.20. The van der Waals surface area contributed by atoms with Gasteiger partial charge in [0, 0.05) is 6.42 Å². The lowest BCUT2D eigenvalue weighted by Crippen LogP contribution is -1.93. The van der Waals surface area contributed by atoms with E-state index in [1.807, 2.05) is 0 Å². The van der Waals surface area contributed by atoms with E-state index in [1.165, 1.54) is 116 Å². The summed E-state index contributed by atoms with van der Waals surface area (Å²) >= 11 is 0. The van der Waals surface area contributed by atoms with E-state index in [4.69, 9.17) is 5.11 Å². The van der Waals surface area contributed by atoms with Gasteiger partial charge in [0.15, 0.2) is 0 Å². The molecule has 0 heterocycles. The second-order valence-electron chi connectivity index (χ2n) is 11.0. The van der Waals surface area contributed by atoms with Gasteiger partial charge in [-0.2, -0.15) is 0 Å². The Bertz CT molecular complexity index is 638. The van der Waals surface area contributed by atoms with Gasteiger partial charge >= 0.3 is 5.97 Å². The van der Waals surface area contributed by atoms with Gasteiger partial charge in [0.25, 0.3) is 0 Å². The van der Waals surface area contributed by atoms with Crippen molar-refractivity contribution in [1.29, 1.82) is 0 Å². The molecule has 0 fully saturated rings. The first-order valence-electron chi connectivity index (χ1n) is 16.8. The van der Waals surface area contributed by atoms with Crippen LogP contribution in [0.3, 0.4) is 0 Å². The molecule has 0 aliphatic carbocycles. The van der Waals surface area contributed by atoms with Gasteiger partial charge < -0.3 is 5.11 Å². The molecular formula is C37H64O2. The number of aliphatic carboxylic acids is 1. The molecular weight excluding hydrogens is 476 g/mol. The molecule has 0 unspecified atom stereocenters. The maximum atomic E-state index is 10.5. The van der Waals surface area contributed by atoms with Crippen LogP contribution in [0.2, 0.25) is 0 Å². The van der Waals surface area contributed by atoms with E-state index in [-0.39, 0.29) is 0 Å². The summed E-state index contributed by atoms with van der Waals surface area (Å²) < 4.78 is 0. The largest absolute Gasteiger partial charge is 0.481 e. The summed E-state index contributed by atoms with van der Waals surface area (Å²) in [6.07, 6.45) is 53.6. The molecule has 0 aromatic rings. The highest BCUT2D eigenvalue weighted by atomic mass is 16.4. The predicted molar refractivity (Wildman–Crippen MR) is 174 cm³/mol. The number of hydrogen-bond acceptors (Lipinski definition) is 1. The zero-order valence-corrected chi connectivity index (χ0v) is 25.8. The molecule has 0 radical (unpaired) electrons. The highest BCUT2D eigenvalue weighted by Gasteiger charge is 1.97. The van der Waals surface area contributed by atoms with Crippen molar-refractivity contribution in [3.63, 3.8) is 0 Å². The molecule has 39 heavy (non-hydrogen) atoms. The summed E-state index contributed by atoms with van der Waals surface area (Å²) in [5, 5.41) is 8.63. The van der Waals surface area contributed by atoms with Crippen LogP contribution >= 0.6 is 0 Å². The van der Waals surface area contributed by atoms with E-state index in [2.05, 4.69) is 67.7 Å². The van der Waals surface area contributed by atoms with Crippen LogP contribution < -0.4 is 0 Å². The van der Waals surface area contributed by atoms with Crippen LogP contribution in [-0.2, 0) is 4.79 Å². The Labute approximate surface area is 243 Å². The van der Waals surface area contributed by atoms with Gasteiger partial charge in [-0.15, -0.1) is 0 Å². The molecule has 0 amide bonds. The van der Waals surface area contributed by atoms with Gasteiger partial charge in [0.05, 0.1) is 0 Å². The highest BCUT2D eigenvalue weighted by molar-refractivity contribution is 5.66. The SMILES string of the molecule is CC/C=C\C/C=C\C=C/C/C=C\C/C=C\CCCCCCCCCCCCCCCCCCCCCC(=O)O. The molecule has 0 spiro atoms. The van der Waals surface area contributed by atoms with Crippen LogP contribution in [0.4, 0.5) is 0 Å². The third kappa shape index (κ3) is 36.2. The van der Waals surface area contributed by atoms with E-state index >= 15 is 0 Å². The van der Waals surface area contributed by atoms with Gasteiger partial charge in [-0.1, -0.05) is 177 Å². The van der Waals surface area contributed by atoms with Crippen molar-refractivity contribution in [2.24, 2.45) is 0 Å². The Morgan fingerprint density at radius 2 is 0.769 bits per heavy atom. The summed E-state index contributed by atoms with van der Waals surface area (Å²) in [5.41, 5.74) is 0. The molecule has 1 N–H and O–H groups in total. The Morgan fingerprint density at radius 1 is 0.436 bits per heavy atom. The highest BCUT2D eigenvalue weighted by Crippen LogP contribution is 2.15. The molecule has 0 rings (SSSR count). The normalized spacial score (nSPS) is 12.4. The van der Waals surface area contributed by atoms with Gasteiger partial charge in [0.2, 0.25) is 0 Å². The van der Waals surface area contributed by atoms with Crippen LogP contribution in [-0.4, -0.2) is 11.1 Å². The minimum atomic E-state index is -0.654. The number of hydrogen-bond donors (Lipinski definition) is 1. The third-order valence-corrected chi connectivity index (χ3v) is 7.20. The molecule has 0 saturated carbocycles. The van der Waals surface area contributed by atoms with E-state index in [9.17, 15) is 4.79 Å². The van der Waals surface area contributed by atoms with Crippen LogP contribution in [0.1, 0.15) is 167 Å². The number of allylic oxidation sites excluding steroid dienone is 10. The Kier molecular flexibility index (Phi) is 32.6. The maximum absolute atomic E-state index is 10.5. The molecule has 0 aromatic heterocycles. The van der Waals surface area contributed by atoms with Crippen molar-refractivity contribution in [3.8, 4) is 0 Å². The molecule has 0 bridgehead atoms. The van der Waals surface area contributed by atoms with E-state index in [0.29, 0.717) is 6.42 Å². The standard InChI is InChI=1S/C37H64O2/c1-2-3-4-5-6-7-8-9-10-11-12-13-14-15-16-17-18-19-20-21-22-23-24-25-26-27-28-29-30-31-32-33-34-35-36-37(38)39/h3-4,6-9,11-12,14-15H,2,5,10,13,16-36H2,1H3,(H,38,39)/b4-3-,7-6-,9-8-,12-11-,15-14-. The van der Waals surface area contributed by atoms with Crippen LogP contribution in [0, 0.1) is 0 Å². The lowest BCUT2D eigenvalue weighted by molar-refractivity contribution is -0.137. The van der Waals surface area contributed by atoms with E-state index < -0.39 is 5.97 Å². The molecule has 2 heteroatoms. The zero-order chi connectivity index (χ0) is 28.3. The van der Waals surface area contributed by atoms with Gasteiger partial charge in [-0.25, -0.2) is 0 Å². The first-order valence-corrected chi connectivity index (χ1v) is 16.8. The summed E-state index contributed by atoms with van der Waals surface area (Å²) in [6.45, 7) is 2.17. The average Bonchev–Trinajstić information content (AvgIpc) is 2.93. The molecule has 0 saturated heterocycles. The van der Waals surface area contributed by atoms with Crippen LogP contribution in [0.25, 0.3) is 0 Å². The first kappa shape index (κ1) is 37.2. The van der Waals surface area contributed by atoms with Crippen molar-refractivity contribution in [2.45, 2.75) is 167 Å². The molecule has 0 aliphatic heterocycles. The van der Waals surface area contributed by atoms with E-state index in [1.54, 1.807) is 0 Å². The summed E-state index contributed by atoms with van der Waals surface area (Å²) in [4.78, 5) is 10.5. The first-order chi connectivity index (χ1) is 19.3. The number of carboxylic acid groups (broad SMARTS) is 1. The number of unbranched alkanes of at least 4 members (excludes halogenated alkanes) is 19. The van der Waals surface area contributed by atoms with Crippen molar-refractivity contribution in [3.05, 3.63) is 60.8 Å².